The molecule has 2 nitrogen and oxygen atoms in total. The Morgan fingerprint density at radius 1 is 0.317 bits per heavy atom. The van der Waals surface area contributed by atoms with Gasteiger partial charge in [0.25, 0.3) is 0 Å². The summed E-state index contributed by atoms with van der Waals surface area (Å²) in [6.07, 6.45) is 0. The van der Waals surface area contributed by atoms with Crippen LogP contribution in [0, 0.1) is 0 Å². The molecule has 2 heterocycles. The summed E-state index contributed by atoms with van der Waals surface area (Å²) >= 11 is 0. The van der Waals surface area contributed by atoms with E-state index in [0.717, 1.165) is 0 Å². The first kappa shape index (κ1) is 36.2. The third kappa shape index (κ3) is 5.13. The number of nitrogens with zero attached hydrogens (tertiary/aromatic N) is 2. The average molecular weight is 773 g/mol. The topological polar surface area (TPSA) is 6.48 Å². The minimum absolute atomic E-state index is 0.223. The second kappa shape index (κ2) is 13.3. The first-order valence-corrected chi connectivity index (χ1v) is 21.2. The van der Waals surface area contributed by atoms with Crippen LogP contribution in [-0.2, 0) is 10.8 Å². The summed E-state index contributed by atoms with van der Waals surface area (Å²) < 4.78 is 0. The molecule has 11 rings (SSSR count). The Kier molecular flexibility index (Phi) is 8.03. The summed E-state index contributed by atoms with van der Waals surface area (Å²) in [4.78, 5) is 4.77. The summed E-state index contributed by atoms with van der Waals surface area (Å²) in [6, 6.07) is 68.0. The number of anilines is 4. The number of fused-ring (bicyclic) bond motifs is 6. The van der Waals surface area contributed by atoms with Crippen LogP contribution in [0.5, 0.6) is 0 Å². The maximum atomic E-state index is 2.52. The van der Waals surface area contributed by atoms with Gasteiger partial charge in [-0.25, -0.2) is 0 Å². The van der Waals surface area contributed by atoms with E-state index >= 15 is 0 Å². The van der Waals surface area contributed by atoms with Gasteiger partial charge < -0.3 is 9.80 Å². The van der Waals surface area contributed by atoms with Gasteiger partial charge in [-0.2, -0.15) is 0 Å². The van der Waals surface area contributed by atoms with Crippen molar-refractivity contribution in [3.8, 4) is 44.5 Å². The summed E-state index contributed by atoms with van der Waals surface area (Å²) in [7, 11) is 4.44. The SMILES string of the molecule is CN1c2ccccc2C(C)(C)c2c(-c3cccc4c(-c5ccccc5-c5ccccc5)c5cccc(-c6cccc7c6C(C)(C)c6ccccc6N7C)c5cc34)cccc21. The lowest BCUT2D eigenvalue weighted by atomic mass is 9.70. The lowest BCUT2D eigenvalue weighted by Crippen LogP contribution is -2.31. The molecule has 0 bridgehead atoms. The van der Waals surface area contributed by atoms with Crippen molar-refractivity contribution < 1.29 is 0 Å². The molecule has 2 aliphatic rings. The van der Waals surface area contributed by atoms with Crippen LogP contribution >= 0.6 is 0 Å². The number of hydrogen-bond donors (Lipinski definition) is 0. The number of rotatable bonds is 4. The van der Waals surface area contributed by atoms with E-state index in [9.17, 15) is 0 Å². The Balaban J connectivity index is 1.26. The van der Waals surface area contributed by atoms with Crippen LogP contribution in [0.1, 0.15) is 49.9 Å². The van der Waals surface area contributed by atoms with Crippen molar-refractivity contribution in [2.45, 2.75) is 38.5 Å². The Bertz CT molecular complexity index is 3020. The number of para-hydroxylation sites is 2. The largest absolute Gasteiger partial charge is 0.344 e. The van der Waals surface area contributed by atoms with Gasteiger partial charge in [0.15, 0.2) is 0 Å². The zero-order valence-electron chi connectivity index (χ0n) is 35.2. The zero-order valence-corrected chi connectivity index (χ0v) is 35.2. The van der Waals surface area contributed by atoms with Crippen molar-refractivity contribution in [2.24, 2.45) is 0 Å². The van der Waals surface area contributed by atoms with Crippen molar-refractivity contribution in [3.63, 3.8) is 0 Å². The lowest BCUT2D eigenvalue weighted by molar-refractivity contribution is 0.631. The third-order valence-corrected chi connectivity index (χ3v) is 13.8. The highest BCUT2D eigenvalue weighted by Gasteiger charge is 2.39. The van der Waals surface area contributed by atoms with Gasteiger partial charge in [-0.3, -0.25) is 0 Å². The quantitative estimate of drug-likeness (QED) is 0.164. The molecule has 0 spiro atoms. The highest BCUT2D eigenvalue weighted by Crippen LogP contribution is 2.55. The van der Waals surface area contributed by atoms with Crippen LogP contribution in [-0.4, -0.2) is 14.1 Å². The molecule has 60 heavy (non-hydrogen) atoms. The summed E-state index contributed by atoms with van der Waals surface area (Å²) in [5.41, 5.74) is 20.0. The van der Waals surface area contributed by atoms with Crippen LogP contribution < -0.4 is 9.80 Å². The molecule has 0 aromatic heterocycles. The molecule has 290 valence electrons. The van der Waals surface area contributed by atoms with Gasteiger partial charge in [-0.05, 0) is 119 Å². The molecule has 9 aromatic carbocycles. The first-order chi connectivity index (χ1) is 29.2. The third-order valence-electron chi connectivity index (χ3n) is 13.8. The van der Waals surface area contributed by atoms with E-state index in [1.165, 1.54) is 111 Å². The number of hydrogen-bond acceptors (Lipinski definition) is 2. The molecule has 0 aliphatic carbocycles. The van der Waals surface area contributed by atoms with Gasteiger partial charge in [0.1, 0.15) is 0 Å². The van der Waals surface area contributed by atoms with E-state index in [1.54, 1.807) is 0 Å². The fourth-order valence-electron chi connectivity index (χ4n) is 11.0. The zero-order chi connectivity index (χ0) is 40.9. The normalized spacial score (nSPS) is 14.7. The smallest absolute Gasteiger partial charge is 0.0455 e. The van der Waals surface area contributed by atoms with Gasteiger partial charge in [-0.15, -0.1) is 0 Å². The van der Waals surface area contributed by atoms with Gasteiger partial charge in [0.05, 0.1) is 0 Å². The van der Waals surface area contributed by atoms with Crippen LogP contribution in [0.25, 0.3) is 66.1 Å². The predicted octanol–water partition coefficient (Wildman–Crippen LogP) is 15.5. The second-order valence-corrected chi connectivity index (χ2v) is 17.8. The molecular formula is C58H48N2. The molecule has 0 saturated carbocycles. The van der Waals surface area contributed by atoms with Crippen LogP contribution in [0.3, 0.4) is 0 Å². The van der Waals surface area contributed by atoms with Crippen LogP contribution in [0.2, 0.25) is 0 Å². The summed E-state index contributed by atoms with van der Waals surface area (Å²) in [6.45, 7) is 9.60. The van der Waals surface area contributed by atoms with Crippen molar-refractivity contribution in [3.05, 3.63) is 204 Å². The van der Waals surface area contributed by atoms with Gasteiger partial charge >= 0.3 is 0 Å². The summed E-state index contributed by atoms with van der Waals surface area (Å²) in [5.74, 6) is 0. The average Bonchev–Trinajstić information content (AvgIpc) is 3.29. The molecule has 2 heteroatoms. The van der Waals surface area contributed by atoms with Gasteiger partial charge in [-0.1, -0.05) is 179 Å². The first-order valence-electron chi connectivity index (χ1n) is 21.2. The Hall–Kier alpha value is -6.90. The maximum absolute atomic E-state index is 2.52. The molecule has 0 saturated heterocycles. The second-order valence-electron chi connectivity index (χ2n) is 17.8. The molecule has 0 radical (unpaired) electrons. The van der Waals surface area contributed by atoms with Crippen LogP contribution in [0.15, 0.2) is 182 Å². The molecule has 9 aromatic rings. The van der Waals surface area contributed by atoms with Gasteiger partial charge in [0, 0.05) is 47.7 Å². The van der Waals surface area contributed by atoms with E-state index in [0.29, 0.717) is 0 Å². The van der Waals surface area contributed by atoms with Gasteiger partial charge in [0.2, 0.25) is 0 Å². The maximum Gasteiger partial charge on any atom is 0.0455 e. The summed E-state index contributed by atoms with van der Waals surface area (Å²) in [5, 5.41) is 5.02. The monoisotopic (exact) mass is 772 g/mol. The van der Waals surface area contributed by atoms with E-state index in [1.807, 2.05) is 0 Å². The standard InChI is InChI=1S/C58H48N2/c1-57(2)48-30-12-14-32-50(48)59(5)52-34-18-28-44(55(52)57)39-24-16-26-42-46(39)36-47-40(45-29-19-35-53-56(45)58(3,4)49-31-13-15-33-51(49)60(53)6)25-17-27-43(47)54(42)41-23-11-10-22-38(41)37-20-8-7-9-21-37/h7-36H,1-6H3. The van der Waals surface area contributed by atoms with E-state index in [4.69, 9.17) is 0 Å². The van der Waals surface area contributed by atoms with E-state index in [-0.39, 0.29) is 10.8 Å². The Labute approximate surface area is 354 Å². The molecular weight excluding hydrogens is 725 g/mol. The van der Waals surface area contributed by atoms with E-state index in [2.05, 4.69) is 234 Å². The Morgan fingerprint density at radius 3 is 1.22 bits per heavy atom. The van der Waals surface area contributed by atoms with Crippen molar-refractivity contribution in [2.75, 3.05) is 23.9 Å². The van der Waals surface area contributed by atoms with Crippen molar-refractivity contribution in [1.29, 1.82) is 0 Å². The molecule has 0 N–H and O–H groups in total. The molecule has 2 aliphatic heterocycles. The minimum Gasteiger partial charge on any atom is -0.344 e. The molecule has 0 atom stereocenters. The fourth-order valence-corrected chi connectivity index (χ4v) is 11.0. The molecule has 0 unspecified atom stereocenters. The van der Waals surface area contributed by atoms with Crippen molar-refractivity contribution >= 4 is 44.3 Å². The minimum atomic E-state index is -0.223. The number of benzene rings is 9. The Morgan fingerprint density at radius 2 is 0.700 bits per heavy atom. The lowest BCUT2D eigenvalue weighted by Gasteiger charge is -2.42. The highest BCUT2D eigenvalue weighted by molar-refractivity contribution is 6.20. The van der Waals surface area contributed by atoms with Crippen molar-refractivity contribution in [1.82, 2.24) is 0 Å². The molecule has 0 fully saturated rings. The van der Waals surface area contributed by atoms with Crippen LogP contribution in [0.4, 0.5) is 22.7 Å². The van der Waals surface area contributed by atoms with E-state index < -0.39 is 0 Å². The predicted molar refractivity (Wildman–Crippen MR) is 256 cm³/mol. The molecule has 0 amide bonds. The fraction of sp³-hybridized carbons (Fsp3) is 0.138. The highest BCUT2D eigenvalue weighted by atomic mass is 15.1.